The molecule has 0 N–H and O–H groups in total. The summed E-state index contributed by atoms with van der Waals surface area (Å²) >= 11 is 3.28. The van der Waals surface area contributed by atoms with Gasteiger partial charge in [0.1, 0.15) is 17.5 Å². The van der Waals surface area contributed by atoms with E-state index in [1.165, 1.54) is 0 Å². The second-order valence-corrected chi connectivity index (χ2v) is 5.92. The predicted octanol–water partition coefficient (Wildman–Crippen LogP) is 4.89. The smallest absolute Gasteiger partial charge is 0.133 e. The minimum absolute atomic E-state index is 0.0998. The Morgan fingerprint density at radius 2 is 1.89 bits per heavy atom. The van der Waals surface area contributed by atoms with Gasteiger partial charge in [-0.15, -0.1) is 0 Å². The molecule has 5 heteroatoms. The number of benzene rings is 1. The van der Waals surface area contributed by atoms with Gasteiger partial charge in [0.15, 0.2) is 0 Å². The molecule has 1 nitrogen and oxygen atoms in total. The third kappa shape index (κ3) is 3.96. The van der Waals surface area contributed by atoms with Crippen LogP contribution in [0.1, 0.15) is 42.5 Å². The van der Waals surface area contributed by atoms with E-state index in [1.807, 2.05) is 0 Å². The highest BCUT2D eigenvalue weighted by molar-refractivity contribution is 9.09. The molecule has 19 heavy (non-hydrogen) atoms. The largest absolute Gasteiger partial charge is 0.378 e. The van der Waals surface area contributed by atoms with Gasteiger partial charge >= 0.3 is 0 Å². The number of halogens is 4. The van der Waals surface area contributed by atoms with Crippen LogP contribution in [0.15, 0.2) is 12.1 Å². The van der Waals surface area contributed by atoms with Crippen LogP contribution in [-0.4, -0.2) is 12.7 Å². The fourth-order valence-electron chi connectivity index (χ4n) is 2.36. The summed E-state index contributed by atoms with van der Waals surface area (Å²) < 4.78 is 45.6. The first-order valence-corrected chi connectivity index (χ1v) is 7.39. The zero-order chi connectivity index (χ0) is 13.8. The first kappa shape index (κ1) is 14.9. The van der Waals surface area contributed by atoms with Crippen LogP contribution in [0.5, 0.6) is 0 Å². The quantitative estimate of drug-likeness (QED) is 0.711. The van der Waals surface area contributed by atoms with E-state index in [-0.39, 0.29) is 11.7 Å². The number of ether oxygens (including phenoxy) is 1. The first-order chi connectivity index (χ1) is 9.08. The van der Waals surface area contributed by atoms with Crippen molar-refractivity contribution in [1.29, 1.82) is 0 Å². The van der Waals surface area contributed by atoms with Gasteiger partial charge in [0.05, 0.1) is 6.10 Å². The number of rotatable bonds is 4. The second kappa shape index (κ2) is 6.75. The summed E-state index contributed by atoms with van der Waals surface area (Å²) in [6, 6.07) is 1.42. The fraction of sp³-hybridized carbons (Fsp3) is 0.571. The highest BCUT2D eigenvalue weighted by Crippen LogP contribution is 2.34. The van der Waals surface area contributed by atoms with Gasteiger partial charge in [-0.3, -0.25) is 0 Å². The van der Waals surface area contributed by atoms with Crippen molar-refractivity contribution >= 4 is 15.9 Å². The zero-order valence-electron chi connectivity index (χ0n) is 10.5. The Labute approximate surface area is 119 Å². The van der Waals surface area contributed by atoms with Crippen molar-refractivity contribution in [2.24, 2.45) is 0 Å². The van der Waals surface area contributed by atoms with Crippen molar-refractivity contribution in [2.45, 2.75) is 43.0 Å². The van der Waals surface area contributed by atoms with Crippen molar-refractivity contribution in [3.05, 3.63) is 35.1 Å². The van der Waals surface area contributed by atoms with Crippen LogP contribution >= 0.6 is 15.9 Å². The first-order valence-electron chi connectivity index (χ1n) is 6.48. The van der Waals surface area contributed by atoms with E-state index in [0.717, 1.165) is 32.3 Å². The van der Waals surface area contributed by atoms with Crippen molar-refractivity contribution in [1.82, 2.24) is 0 Å². The molecule has 0 aromatic heterocycles. The Morgan fingerprint density at radius 3 is 2.47 bits per heavy atom. The molecule has 0 spiro atoms. The Hall–Kier alpha value is -0.550. The molecule has 1 aliphatic rings. The summed E-state index contributed by atoms with van der Waals surface area (Å²) in [5, 5.41) is 0. The molecule has 1 aromatic rings. The van der Waals surface area contributed by atoms with E-state index in [4.69, 9.17) is 4.74 Å². The molecular weight excluding hydrogens is 321 g/mol. The molecule has 1 fully saturated rings. The van der Waals surface area contributed by atoms with Crippen LogP contribution in [0.25, 0.3) is 0 Å². The maximum absolute atomic E-state index is 13.6. The van der Waals surface area contributed by atoms with E-state index in [1.54, 1.807) is 0 Å². The third-order valence-electron chi connectivity index (χ3n) is 3.37. The van der Waals surface area contributed by atoms with Crippen LogP contribution in [0.4, 0.5) is 13.2 Å². The Morgan fingerprint density at radius 1 is 1.21 bits per heavy atom. The Balaban J connectivity index is 1.97. The van der Waals surface area contributed by atoms with E-state index in [0.29, 0.717) is 18.6 Å². The Kier molecular flexibility index (Phi) is 5.28. The van der Waals surface area contributed by atoms with Gasteiger partial charge in [-0.25, -0.2) is 13.2 Å². The number of hydrogen-bond acceptors (Lipinski definition) is 1. The topological polar surface area (TPSA) is 9.23 Å². The summed E-state index contributed by atoms with van der Waals surface area (Å²) in [6.45, 7) is 0.761. The standard InChI is InChI=1S/C14H16BrF3O/c15-11(5-4-10-3-1-2-6-19-10)14-12(17)7-9(16)8-13(14)18/h7-8,10-11H,1-6H2. The normalized spacial score (nSPS) is 21.4. The average molecular weight is 337 g/mol. The number of alkyl halides is 1. The zero-order valence-corrected chi connectivity index (χ0v) is 12.1. The molecule has 1 heterocycles. The predicted molar refractivity (Wildman–Crippen MR) is 70.8 cm³/mol. The lowest BCUT2D eigenvalue weighted by atomic mass is 10.0. The lowest BCUT2D eigenvalue weighted by Gasteiger charge is -2.23. The summed E-state index contributed by atoms with van der Waals surface area (Å²) in [4.78, 5) is -0.460. The number of hydrogen-bond donors (Lipinski definition) is 0. The summed E-state index contributed by atoms with van der Waals surface area (Å²) in [5.74, 6) is -2.58. The van der Waals surface area contributed by atoms with Crippen molar-refractivity contribution in [3.8, 4) is 0 Å². The van der Waals surface area contributed by atoms with Crippen LogP contribution in [-0.2, 0) is 4.74 Å². The maximum atomic E-state index is 13.6. The van der Waals surface area contributed by atoms with E-state index in [9.17, 15) is 13.2 Å². The molecule has 1 aliphatic heterocycles. The molecule has 0 amide bonds. The van der Waals surface area contributed by atoms with E-state index >= 15 is 0 Å². The summed E-state index contributed by atoms with van der Waals surface area (Å²) in [5.41, 5.74) is -0.0998. The van der Waals surface area contributed by atoms with Crippen LogP contribution in [0, 0.1) is 17.5 Å². The molecule has 106 valence electrons. The highest BCUT2D eigenvalue weighted by atomic mass is 79.9. The summed E-state index contributed by atoms with van der Waals surface area (Å²) in [6.07, 6.45) is 4.68. The lowest BCUT2D eigenvalue weighted by molar-refractivity contribution is 0.0101. The fourth-order valence-corrected chi connectivity index (χ4v) is 3.07. The van der Waals surface area contributed by atoms with Crippen LogP contribution in [0.2, 0.25) is 0 Å². The van der Waals surface area contributed by atoms with Gasteiger partial charge in [-0.05, 0) is 32.1 Å². The molecule has 2 atom stereocenters. The van der Waals surface area contributed by atoms with Crippen molar-refractivity contribution in [3.63, 3.8) is 0 Å². The minimum atomic E-state index is -0.894. The van der Waals surface area contributed by atoms with Gasteiger partial charge in [0.25, 0.3) is 0 Å². The molecule has 0 aliphatic carbocycles. The summed E-state index contributed by atoms with van der Waals surface area (Å²) in [7, 11) is 0. The monoisotopic (exact) mass is 336 g/mol. The van der Waals surface area contributed by atoms with Crippen LogP contribution < -0.4 is 0 Å². The Bertz CT molecular complexity index is 410. The minimum Gasteiger partial charge on any atom is -0.378 e. The highest BCUT2D eigenvalue weighted by Gasteiger charge is 2.21. The molecule has 2 rings (SSSR count). The molecule has 1 saturated heterocycles. The molecule has 2 unspecified atom stereocenters. The van der Waals surface area contributed by atoms with Gasteiger partial charge in [-0.1, -0.05) is 15.9 Å². The van der Waals surface area contributed by atoms with Crippen LogP contribution in [0.3, 0.4) is 0 Å². The molecule has 0 bridgehead atoms. The van der Waals surface area contributed by atoms with Crippen molar-refractivity contribution < 1.29 is 17.9 Å². The average Bonchev–Trinajstić information content (AvgIpc) is 2.36. The molecule has 1 aromatic carbocycles. The second-order valence-electron chi connectivity index (χ2n) is 4.82. The maximum Gasteiger partial charge on any atom is 0.133 e. The van der Waals surface area contributed by atoms with Gasteiger partial charge in [0, 0.05) is 29.1 Å². The van der Waals surface area contributed by atoms with Gasteiger partial charge in [0.2, 0.25) is 0 Å². The third-order valence-corrected chi connectivity index (χ3v) is 4.29. The van der Waals surface area contributed by atoms with Crippen molar-refractivity contribution in [2.75, 3.05) is 6.61 Å². The van der Waals surface area contributed by atoms with Gasteiger partial charge in [-0.2, -0.15) is 0 Å². The molecule has 0 saturated carbocycles. The van der Waals surface area contributed by atoms with E-state index in [2.05, 4.69) is 15.9 Å². The SMILES string of the molecule is Fc1cc(F)c(C(Br)CCC2CCCCO2)c(F)c1. The molecule has 0 radical (unpaired) electrons. The van der Waals surface area contributed by atoms with Gasteiger partial charge < -0.3 is 4.74 Å². The lowest BCUT2D eigenvalue weighted by Crippen LogP contribution is -2.19. The molecular formula is C14H16BrF3O. The van der Waals surface area contributed by atoms with E-state index < -0.39 is 22.3 Å².